The van der Waals surface area contributed by atoms with Crippen LogP contribution in [0.5, 0.6) is 0 Å². The van der Waals surface area contributed by atoms with E-state index in [1.807, 2.05) is 32.0 Å². The van der Waals surface area contributed by atoms with Crippen LogP contribution in [0.1, 0.15) is 32.9 Å². The smallest absolute Gasteiger partial charge is 0.302 e. The van der Waals surface area contributed by atoms with Gasteiger partial charge in [0.05, 0.1) is 12.2 Å². The molecule has 3 heterocycles. The third kappa shape index (κ3) is 5.09. The highest BCUT2D eigenvalue weighted by molar-refractivity contribution is 6.33. The maximum absolute atomic E-state index is 13.9. The summed E-state index contributed by atoms with van der Waals surface area (Å²) in [7, 11) is 0. The van der Waals surface area contributed by atoms with Crippen LogP contribution in [0.3, 0.4) is 0 Å². The SMILES string of the molecule is Cc1ccc(-c2cc(C(F)(F)F)n3nc(C(=O)Nc4nn(Cc5ccccc5Cl)cc4Cl)cc3n2)cc1C. The van der Waals surface area contributed by atoms with Crippen molar-refractivity contribution in [1.29, 1.82) is 0 Å². The van der Waals surface area contributed by atoms with Gasteiger partial charge in [-0.3, -0.25) is 9.48 Å². The Balaban J connectivity index is 1.47. The van der Waals surface area contributed by atoms with Gasteiger partial charge < -0.3 is 5.32 Å². The Kier molecular flexibility index (Phi) is 6.62. The van der Waals surface area contributed by atoms with Crippen molar-refractivity contribution in [2.45, 2.75) is 26.6 Å². The average Bonchev–Trinajstić information content (AvgIpc) is 3.44. The molecule has 3 aromatic heterocycles. The van der Waals surface area contributed by atoms with Crippen LogP contribution in [-0.2, 0) is 12.7 Å². The van der Waals surface area contributed by atoms with Crippen molar-refractivity contribution in [1.82, 2.24) is 24.4 Å². The molecule has 0 atom stereocenters. The second-order valence-electron chi connectivity index (χ2n) is 8.69. The van der Waals surface area contributed by atoms with Crippen LogP contribution in [-0.4, -0.2) is 30.3 Å². The van der Waals surface area contributed by atoms with Gasteiger partial charge in [-0.25, -0.2) is 9.50 Å². The third-order valence-corrected chi connectivity index (χ3v) is 6.64. The number of carbonyl (C=O) groups excluding carboxylic acids is 1. The number of amides is 1. The van der Waals surface area contributed by atoms with E-state index in [9.17, 15) is 18.0 Å². The first-order valence-corrected chi connectivity index (χ1v) is 12.1. The fraction of sp³-hybridized carbons (Fsp3) is 0.154. The predicted octanol–water partition coefficient (Wildman–Crippen LogP) is 6.84. The maximum Gasteiger partial charge on any atom is 0.433 e. The number of hydrogen-bond donors (Lipinski definition) is 1. The normalized spacial score (nSPS) is 11.8. The largest absolute Gasteiger partial charge is 0.433 e. The molecule has 2 aromatic carbocycles. The number of carbonyl (C=O) groups is 1. The van der Waals surface area contributed by atoms with Crippen LogP contribution in [0.15, 0.2) is 60.8 Å². The number of rotatable bonds is 5. The molecule has 5 rings (SSSR count). The van der Waals surface area contributed by atoms with E-state index >= 15 is 0 Å². The molecular weight excluding hydrogens is 540 g/mol. The molecule has 0 fully saturated rings. The topological polar surface area (TPSA) is 77.1 Å². The van der Waals surface area contributed by atoms with E-state index in [1.165, 1.54) is 16.9 Å². The Morgan fingerprint density at radius 2 is 1.74 bits per heavy atom. The van der Waals surface area contributed by atoms with E-state index in [0.29, 0.717) is 21.6 Å². The Labute approximate surface area is 224 Å². The number of fused-ring (bicyclic) bond motifs is 1. The number of anilines is 1. The number of aromatic nitrogens is 5. The van der Waals surface area contributed by atoms with E-state index in [-0.39, 0.29) is 27.9 Å². The third-order valence-electron chi connectivity index (χ3n) is 5.99. The molecule has 0 spiro atoms. The number of benzene rings is 2. The number of aryl methyl sites for hydroxylation is 2. The highest BCUT2D eigenvalue weighted by Crippen LogP contribution is 2.33. The maximum atomic E-state index is 13.9. The molecule has 0 unspecified atom stereocenters. The molecule has 1 N–H and O–H groups in total. The second-order valence-corrected chi connectivity index (χ2v) is 9.51. The van der Waals surface area contributed by atoms with Crippen LogP contribution in [0.4, 0.5) is 19.0 Å². The number of nitrogens with one attached hydrogen (secondary N) is 1. The lowest BCUT2D eigenvalue weighted by molar-refractivity contribution is -0.142. The zero-order valence-electron chi connectivity index (χ0n) is 20.0. The van der Waals surface area contributed by atoms with Gasteiger partial charge in [-0.1, -0.05) is 53.5 Å². The molecule has 0 aliphatic heterocycles. The van der Waals surface area contributed by atoms with Gasteiger partial charge in [-0.2, -0.15) is 23.4 Å². The number of nitrogens with zero attached hydrogens (tertiary/aromatic N) is 5. The first kappa shape index (κ1) is 25.7. The molecule has 0 bridgehead atoms. The van der Waals surface area contributed by atoms with Crippen molar-refractivity contribution in [3.63, 3.8) is 0 Å². The molecule has 5 aromatic rings. The first-order chi connectivity index (χ1) is 18.0. The summed E-state index contributed by atoms with van der Waals surface area (Å²) in [5.41, 5.74) is 1.86. The summed E-state index contributed by atoms with van der Waals surface area (Å²) in [6.45, 7) is 4.07. The second kappa shape index (κ2) is 9.77. The summed E-state index contributed by atoms with van der Waals surface area (Å²) in [6, 6.07) is 14.6. The molecule has 1 amide bonds. The minimum absolute atomic E-state index is 0.0283. The van der Waals surface area contributed by atoms with Crippen LogP contribution < -0.4 is 5.32 Å². The summed E-state index contributed by atoms with van der Waals surface area (Å²) in [5.74, 6) is -0.762. The van der Waals surface area contributed by atoms with Gasteiger partial charge in [0.2, 0.25) is 0 Å². The van der Waals surface area contributed by atoms with Crippen LogP contribution in [0.25, 0.3) is 16.9 Å². The van der Waals surface area contributed by atoms with Crippen LogP contribution in [0.2, 0.25) is 10.0 Å². The van der Waals surface area contributed by atoms with Crippen LogP contribution >= 0.6 is 23.2 Å². The lowest BCUT2D eigenvalue weighted by Gasteiger charge is -2.11. The summed E-state index contributed by atoms with van der Waals surface area (Å²) < 4.78 is 43.9. The lowest BCUT2D eigenvalue weighted by Crippen LogP contribution is -2.16. The summed E-state index contributed by atoms with van der Waals surface area (Å²) in [5, 5.41) is 11.3. The Bertz CT molecular complexity index is 1690. The van der Waals surface area contributed by atoms with Crippen molar-refractivity contribution in [3.8, 4) is 11.3 Å². The summed E-state index contributed by atoms with van der Waals surface area (Å²) in [6.07, 6.45) is -3.24. The van der Waals surface area contributed by atoms with E-state index in [4.69, 9.17) is 23.2 Å². The summed E-state index contributed by atoms with van der Waals surface area (Å²) in [4.78, 5) is 17.3. The predicted molar refractivity (Wildman–Crippen MR) is 139 cm³/mol. The highest BCUT2D eigenvalue weighted by atomic mass is 35.5. The average molecular weight is 559 g/mol. The Morgan fingerprint density at radius 1 is 0.974 bits per heavy atom. The molecule has 12 heteroatoms. The molecule has 0 saturated heterocycles. The zero-order valence-corrected chi connectivity index (χ0v) is 21.5. The summed E-state index contributed by atoms with van der Waals surface area (Å²) >= 11 is 12.4. The van der Waals surface area contributed by atoms with Gasteiger partial charge in [0.15, 0.2) is 22.9 Å². The molecule has 0 saturated carbocycles. The van der Waals surface area contributed by atoms with Crippen molar-refractivity contribution >= 4 is 40.6 Å². The van der Waals surface area contributed by atoms with Gasteiger partial charge in [0.1, 0.15) is 5.02 Å². The first-order valence-electron chi connectivity index (χ1n) is 11.3. The highest BCUT2D eigenvalue weighted by Gasteiger charge is 2.35. The van der Waals surface area contributed by atoms with Gasteiger partial charge in [-0.15, -0.1) is 0 Å². The molecule has 194 valence electrons. The number of halogens is 5. The molecule has 0 aliphatic rings. The molecule has 38 heavy (non-hydrogen) atoms. The van der Waals surface area contributed by atoms with Crippen molar-refractivity contribution in [3.05, 3.63) is 98.9 Å². The fourth-order valence-electron chi connectivity index (χ4n) is 3.87. The number of hydrogen-bond acceptors (Lipinski definition) is 4. The van der Waals surface area contributed by atoms with E-state index in [2.05, 4.69) is 20.5 Å². The van der Waals surface area contributed by atoms with Gasteiger partial charge in [0.25, 0.3) is 5.91 Å². The Hall–Kier alpha value is -3.89. The fourth-order valence-corrected chi connectivity index (χ4v) is 4.26. The van der Waals surface area contributed by atoms with Crippen molar-refractivity contribution in [2.24, 2.45) is 0 Å². The zero-order chi connectivity index (χ0) is 27.2. The Morgan fingerprint density at radius 3 is 2.45 bits per heavy atom. The van der Waals surface area contributed by atoms with E-state index in [1.54, 1.807) is 24.3 Å². The van der Waals surface area contributed by atoms with Gasteiger partial charge in [-0.05, 0) is 48.7 Å². The lowest BCUT2D eigenvalue weighted by atomic mass is 10.0. The quantitative estimate of drug-likeness (QED) is 0.256. The van der Waals surface area contributed by atoms with E-state index < -0.39 is 17.8 Å². The minimum atomic E-state index is -4.74. The molecule has 0 aliphatic carbocycles. The van der Waals surface area contributed by atoms with Gasteiger partial charge in [0, 0.05) is 22.8 Å². The standard InChI is InChI=1S/C26H19Cl2F3N6O/c1-14-7-8-16(9-15(14)2)20-10-22(26(29,30)31)37-23(32-20)11-21(34-37)25(38)33-24-19(28)13-36(35-24)12-17-5-3-4-6-18(17)27/h3-11,13H,12H2,1-2H3,(H,33,35,38). The molecule has 0 radical (unpaired) electrons. The molecule has 7 nitrogen and oxygen atoms in total. The van der Waals surface area contributed by atoms with Gasteiger partial charge >= 0.3 is 6.18 Å². The van der Waals surface area contributed by atoms with E-state index in [0.717, 1.165) is 22.8 Å². The van der Waals surface area contributed by atoms with Crippen molar-refractivity contribution in [2.75, 3.05) is 5.32 Å². The number of alkyl halides is 3. The monoisotopic (exact) mass is 558 g/mol. The van der Waals surface area contributed by atoms with Crippen LogP contribution in [0, 0.1) is 13.8 Å². The minimum Gasteiger partial charge on any atom is -0.302 e. The van der Waals surface area contributed by atoms with Crippen molar-refractivity contribution < 1.29 is 18.0 Å². The molecular formula is C26H19Cl2F3N6O.